The summed E-state index contributed by atoms with van der Waals surface area (Å²) in [6.45, 7) is 3.54. The lowest BCUT2D eigenvalue weighted by atomic mass is 10.1. The average molecular weight is 225 g/mol. The van der Waals surface area contributed by atoms with Crippen molar-refractivity contribution in [3.05, 3.63) is 28.6 Å². The molecule has 1 rings (SSSR count). The van der Waals surface area contributed by atoms with E-state index in [1.165, 1.54) is 12.4 Å². The maximum atomic E-state index is 10.7. The highest BCUT2D eigenvalue weighted by atomic mass is 16.6. The number of nitro groups is 1. The first-order valence-corrected chi connectivity index (χ1v) is 5.03. The molecule has 88 valence electrons. The van der Waals surface area contributed by atoms with Crippen LogP contribution in [0.3, 0.4) is 0 Å². The first-order valence-electron chi connectivity index (χ1n) is 5.03. The molecule has 0 bridgehead atoms. The minimum absolute atomic E-state index is 0.0406. The molecule has 6 heteroatoms. The summed E-state index contributed by atoms with van der Waals surface area (Å²) >= 11 is 0. The van der Waals surface area contributed by atoms with Crippen LogP contribution in [0.1, 0.15) is 20.3 Å². The molecule has 16 heavy (non-hydrogen) atoms. The van der Waals surface area contributed by atoms with Gasteiger partial charge in [-0.25, -0.2) is 0 Å². The zero-order chi connectivity index (χ0) is 12.1. The molecule has 0 aliphatic carbocycles. The Hall–Kier alpha value is -1.69. The van der Waals surface area contributed by atoms with E-state index >= 15 is 0 Å². The standard InChI is InChI=1S/C10H15N3O3/c1-7(5-8(2)14)12-9-3-4-11-6-10(9)13(15)16/h3-4,6-8,14H,5H2,1-2H3,(H,11,12). The largest absolute Gasteiger partial charge is 0.393 e. The number of nitrogens with one attached hydrogen (secondary N) is 1. The first-order chi connectivity index (χ1) is 7.50. The van der Waals surface area contributed by atoms with Gasteiger partial charge in [-0.15, -0.1) is 0 Å². The molecular weight excluding hydrogens is 210 g/mol. The molecule has 2 atom stereocenters. The number of rotatable bonds is 5. The third-order valence-electron chi connectivity index (χ3n) is 2.09. The maximum Gasteiger partial charge on any atom is 0.310 e. The van der Waals surface area contributed by atoms with Crippen LogP contribution in [0.4, 0.5) is 11.4 Å². The zero-order valence-electron chi connectivity index (χ0n) is 9.25. The molecular formula is C10H15N3O3. The van der Waals surface area contributed by atoms with Gasteiger partial charge in [0.1, 0.15) is 11.9 Å². The number of hydrogen-bond acceptors (Lipinski definition) is 5. The van der Waals surface area contributed by atoms with Gasteiger partial charge in [-0.3, -0.25) is 15.1 Å². The fraction of sp³-hybridized carbons (Fsp3) is 0.500. The Morgan fingerprint density at radius 1 is 1.62 bits per heavy atom. The maximum absolute atomic E-state index is 10.7. The summed E-state index contributed by atoms with van der Waals surface area (Å²) in [5, 5.41) is 22.9. The Balaban J connectivity index is 2.76. The summed E-state index contributed by atoms with van der Waals surface area (Å²) in [5.41, 5.74) is 0.369. The Bertz CT molecular complexity index is 368. The van der Waals surface area contributed by atoms with Crippen molar-refractivity contribution in [2.75, 3.05) is 5.32 Å². The molecule has 0 fully saturated rings. The Morgan fingerprint density at radius 3 is 2.88 bits per heavy atom. The molecule has 0 aliphatic rings. The van der Waals surface area contributed by atoms with E-state index < -0.39 is 11.0 Å². The van der Waals surface area contributed by atoms with Crippen LogP contribution in [0.15, 0.2) is 18.5 Å². The molecule has 1 aromatic heterocycles. The quantitative estimate of drug-likeness (QED) is 0.586. The van der Waals surface area contributed by atoms with Crippen LogP contribution in [0, 0.1) is 10.1 Å². The van der Waals surface area contributed by atoms with E-state index in [0.717, 1.165) is 0 Å². The molecule has 0 spiro atoms. The molecule has 2 unspecified atom stereocenters. The Kier molecular flexibility index (Phi) is 4.19. The number of aliphatic hydroxyl groups is 1. The molecule has 0 amide bonds. The molecule has 1 heterocycles. The highest BCUT2D eigenvalue weighted by Crippen LogP contribution is 2.23. The van der Waals surface area contributed by atoms with Crippen LogP contribution in [-0.2, 0) is 0 Å². The summed E-state index contributed by atoms with van der Waals surface area (Å²) in [6.07, 6.45) is 2.78. The molecule has 0 aromatic carbocycles. The van der Waals surface area contributed by atoms with Gasteiger partial charge in [-0.05, 0) is 26.3 Å². The van der Waals surface area contributed by atoms with Crippen molar-refractivity contribution >= 4 is 11.4 Å². The van der Waals surface area contributed by atoms with Gasteiger partial charge in [0.25, 0.3) is 0 Å². The predicted octanol–water partition coefficient (Wildman–Crippen LogP) is 1.56. The molecule has 0 saturated carbocycles. The minimum Gasteiger partial charge on any atom is -0.393 e. The van der Waals surface area contributed by atoms with Gasteiger partial charge in [0, 0.05) is 12.2 Å². The highest BCUT2D eigenvalue weighted by Gasteiger charge is 2.15. The van der Waals surface area contributed by atoms with Gasteiger partial charge in [0.15, 0.2) is 0 Å². The van der Waals surface area contributed by atoms with E-state index in [2.05, 4.69) is 10.3 Å². The van der Waals surface area contributed by atoms with E-state index in [-0.39, 0.29) is 11.7 Å². The lowest BCUT2D eigenvalue weighted by Gasteiger charge is -2.16. The van der Waals surface area contributed by atoms with Crippen LogP contribution in [-0.4, -0.2) is 27.2 Å². The summed E-state index contributed by atoms with van der Waals surface area (Å²) in [7, 11) is 0. The smallest absolute Gasteiger partial charge is 0.310 e. The lowest BCUT2D eigenvalue weighted by Crippen LogP contribution is -2.21. The van der Waals surface area contributed by atoms with E-state index in [1.54, 1.807) is 13.0 Å². The van der Waals surface area contributed by atoms with Crippen LogP contribution >= 0.6 is 0 Å². The lowest BCUT2D eigenvalue weighted by molar-refractivity contribution is -0.384. The number of anilines is 1. The molecule has 0 saturated heterocycles. The summed E-state index contributed by atoms with van der Waals surface area (Å²) in [5.74, 6) is 0. The van der Waals surface area contributed by atoms with Gasteiger partial charge in [-0.2, -0.15) is 0 Å². The summed E-state index contributed by atoms with van der Waals surface area (Å²) < 4.78 is 0. The van der Waals surface area contributed by atoms with Crippen molar-refractivity contribution in [1.29, 1.82) is 0 Å². The number of hydrogen-bond donors (Lipinski definition) is 2. The van der Waals surface area contributed by atoms with Gasteiger partial charge in [0.2, 0.25) is 0 Å². The van der Waals surface area contributed by atoms with Crippen LogP contribution in [0.2, 0.25) is 0 Å². The number of aliphatic hydroxyl groups excluding tert-OH is 1. The van der Waals surface area contributed by atoms with Gasteiger partial charge < -0.3 is 10.4 Å². The molecule has 2 N–H and O–H groups in total. The Labute approximate surface area is 93.5 Å². The number of nitrogens with zero attached hydrogens (tertiary/aromatic N) is 2. The third kappa shape index (κ3) is 3.47. The van der Waals surface area contributed by atoms with Crippen molar-refractivity contribution in [2.24, 2.45) is 0 Å². The van der Waals surface area contributed by atoms with Crippen molar-refractivity contribution in [2.45, 2.75) is 32.4 Å². The summed E-state index contributed by atoms with van der Waals surface area (Å²) in [4.78, 5) is 13.9. The van der Waals surface area contributed by atoms with Gasteiger partial charge in [-0.1, -0.05) is 0 Å². The van der Waals surface area contributed by atoms with Crippen LogP contribution in [0.5, 0.6) is 0 Å². The molecule has 6 nitrogen and oxygen atoms in total. The average Bonchev–Trinajstić information content (AvgIpc) is 2.16. The zero-order valence-corrected chi connectivity index (χ0v) is 9.25. The van der Waals surface area contributed by atoms with E-state index in [1.807, 2.05) is 6.92 Å². The number of aromatic nitrogens is 1. The van der Waals surface area contributed by atoms with Gasteiger partial charge >= 0.3 is 5.69 Å². The van der Waals surface area contributed by atoms with Crippen molar-refractivity contribution < 1.29 is 10.0 Å². The van der Waals surface area contributed by atoms with Crippen molar-refractivity contribution in [1.82, 2.24) is 4.98 Å². The fourth-order valence-electron chi connectivity index (χ4n) is 1.49. The monoisotopic (exact) mass is 225 g/mol. The fourth-order valence-corrected chi connectivity index (χ4v) is 1.49. The predicted molar refractivity (Wildman–Crippen MR) is 60.3 cm³/mol. The second kappa shape index (κ2) is 5.41. The van der Waals surface area contributed by atoms with Crippen molar-refractivity contribution in [3.63, 3.8) is 0 Å². The molecule has 1 aromatic rings. The van der Waals surface area contributed by atoms with Crippen LogP contribution < -0.4 is 5.32 Å². The molecule has 0 radical (unpaired) electrons. The number of pyridine rings is 1. The molecule has 0 aliphatic heterocycles. The summed E-state index contributed by atoms with van der Waals surface area (Å²) in [6, 6.07) is 1.51. The minimum atomic E-state index is -0.482. The van der Waals surface area contributed by atoms with E-state index in [9.17, 15) is 15.2 Å². The van der Waals surface area contributed by atoms with Crippen LogP contribution in [0.25, 0.3) is 0 Å². The second-order valence-corrected chi connectivity index (χ2v) is 3.78. The first kappa shape index (κ1) is 12.4. The normalized spacial score (nSPS) is 14.2. The third-order valence-corrected chi connectivity index (χ3v) is 2.09. The Morgan fingerprint density at radius 2 is 2.31 bits per heavy atom. The second-order valence-electron chi connectivity index (χ2n) is 3.78. The highest BCUT2D eigenvalue weighted by molar-refractivity contribution is 5.59. The topological polar surface area (TPSA) is 88.3 Å². The van der Waals surface area contributed by atoms with Gasteiger partial charge in [0.05, 0.1) is 11.0 Å². The van der Waals surface area contributed by atoms with E-state index in [0.29, 0.717) is 12.1 Å². The van der Waals surface area contributed by atoms with Crippen molar-refractivity contribution in [3.8, 4) is 0 Å². The SMILES string of the molecule is CC(O)CC(C)Nc1ccncc1[N+](=O)[O-]. The van der Waals surface area contributed by atoms with E-state index in [4.69, 9.17) is 0 Å².